The molecule has 0 aliphatic heterocycles. The van der Waals surface area contributed by atoms with Gasteiger partial charge >= 0.3 is 5.97 Å². The molecule has 124 valence electrons. The van der Waals surface area contributed by atoms with E-state index in [4.69, 9.17) is 0 Å². The molecular formula is C18H18N2O4. The lowest BCUT2D eigenvalue weighted by Crippen LogP contribution is -2.18. The molecule has 0 radical (unpaired) electrons. The van der Waals surface area contributed by atoms with Crippen LogP contribution in [0.25, 0.3) is 0 Å². The first-order valence-corrected chi connectivity index (χ1v) is 7.37. The van der Waals surface area contributed by atoms with Crippen molar-refractivity contribution in [1.82, 2.24) is 0 Å². The maximum Gasteiger partial charge on any atom is 0.315 e. The summed E-state index contributed by atoms with van der Waals surface area (Å²) in [7, 11) is 1.22. The number of esters is 1. The smallest absolute Gasteiger partial charge is 0.315 e. The van der Waals surface area contributed by atoms with Crippen molar-refractivity contribution in [3.63, 3.8) is 0 Å². The van der Waals surface area contributed by atoms with Crippen molar-refractivity contribution >= 4 is 29.2 Å². The third-order valence-electron chi connectivity index (χ3n) is 3.17. The van der Waals surface area contributed by atoms with Gasteiger partial charge in [-0.25, -0.2) is 0 Å². The second-order valence-electron chi connectivity index (χ2n) is 5.09. The lowest BCUT2D eigenvalue weighted by Gasteiger charge is -2.09. The van der Waals surface area contributed by atoms with Gasteiger partial charge in [0, 0.05) is 11.4 Å². The second-order valence-corrected chi connectivity index (χ2v) is 5.09. The Morgan fingerprint density at radius 3 is 2.12 bits per heavy atom. The third kappa shape index (κ3) is 5.57. The average molecular weight is 326 g/mol. The number of ether oxygens (including phenoxy) is 1. The van der Waals surface area contributed by atoms with Crippen molar-refractivity contribution in [3.8, 4) is 0 Å². The van der Waals surface area contributed by atoms with Gasteiger partial charge in [0.1, 0.15) is 6.42 Å². The predicted molar refractivity (Wildman–Crippen MR) is 90.5 cm³/mol. The van der Waals surface area contributed by atoms with Crippen molar-refractivity contribution < 1.29 is 19.1 Å². The number of hydrogen-bond acceptors (Lipinski definition) is 4. The largest absolute Gasteiger partial charge is 0.469 e. The Labute approximate surface area is 139 Å². The fraction of sp³-hybridized carbons (Fsp3) is 0.167. The number of rotatable bonds is 6. The highest BCUT2D eigenvalue weighted by Gasteiger charge is 2.10. The number of carbonyl (C=O) groups is 3. The van der Waals surface area contributed by atoms with Crippen LogP contribution in [0.5, 0.6) is 0 Å². The molecule has 2 rings (SSSR count). The maximum absolute atomic E-state index is 12.0. The number of amides is 2. The first-order valence-electron chi connectivity index (χ1n) is 7.37. The van der Waals surface area contributed by atoms with Crippen LogP contribution in [0.2, 0.25) is 0 Å². The number of carbonyl (C=O) groups excluding carboxylic acids is 3. The van der Waals surface area contributed by atoms with Crippen LogP contribution in [0, 0.1) is 0 Å². The number of hydrogen-bond donors (Lipinski definition) is 2. The molecule has 24 heavy (non-hydrogen) atoms. The zero-order valence-corrected chi connectivity index (χ0v) is 13.2. The molecule has 0 saturated carbocycles. The fourth-order valence-electron chi connectivity index (χ4n) is 2.07. The Hall–Kier alpha value is -3.15. The molecule has 2 N–H and O–H groups in total. The summed E-state index contributed by atoms with van der Waals surface area (Å²) in [5.74, 6) is -1.24. The summed E-state index contributed by atoms with van der Waals surface area (Å²) in [6.45, 7) is 0. The van der Waals surface area contributed by atoms with E-state index in [0.717, 1.165) is 5.56 Å². The van der Waals surface area contributed by atoms with Crippen LogP contribution in [0.1, 0.15) is 12.0 Å². The van der Waals surface area contributed by atoms with E-state index in [1.54, 1.807) is 24.3 Å². The van der Waals surface area contributed by atoms with Crippen LogP contribution in [-0.2, 0) is 25.5 Å². The van der Waals surface area contributed by atoms with Crippen molar-refractivity contribution in [2.24, 2.45) is 0 Å². The summed E-state index contributed by atoms with van der Waals surface area (Å²) in [4.78, 5) is 34.8. The summed E-state index contributed by atoms with van der Waals surface area (Å²) in [6.07, 6.45) is -0.0964. The van der Waals surface area contributed by atoms with Crippen LogP contribution >= 0.6 is 0 Å². The van der Waals surface area contributed by atoms with Crippen LogP contribution in [0.15, 0.2) is 54.6 Å². The number of anilines is 2. The SMILES string of the molecule is COC(=O)CC(=O)Nc1cccc(NC(=O)Cc2ccccc2)c1. The highest BCUT2D eigenvalue weighted by molar-refractivity contribution is 6.02. The summed E-state index contributed by atoms with van der Waals surface area (Å²) >= 11 is 0. The highest BCUT2D eigenvalue weighted by atomic mass is 16.5. The molecule has 0 bridgehead atoms. The molecule has 0 saturated heterocycles. The van der Waals surface area contributed by atoms with E-state index in [2.05, 4.69) is 15.4 Å². The molecule has 0 fully saturated rings. The van der Waals surface area contributed by atoms with Crippen molar-refractivity contribution in [2.75, 3.05) is 17.7 Å². The summed E-state index contributed by atoms with van der Waals surface area (Å²) in [5.41, 5.74) is 1.96. The Morgan fingerprint density at radius 2 is 1.50 bits per heavy atom. The molecule has 0 heterocycles. The van der Waals surface area contributed by atoms with Gasteiger partial charge < -0.3 is 15.4 Å². The Kier molecular flexibility index (Phi) is 6.08. The Bertz CT molecular complexity index is 729. The Morgan fingerprint density at radius 1 is 0.875 bits per heavy atom. The summed E-state index contributed by atoms with van der Waals surface area (Å²) in [5, 5.41) is 5.35. The number of methoxy groups -OCH3 is 1. The van der Waals surface area contributed by atoms with E-state index in [-0.39, 0.29) is 18.7 Å². The van der Waals surface area contributed by atoms with Crippen molar-refractivity contribution in [2.45, 2.75) is 12.8 Å². The fourth-order valence-corrected chi connectivity index (χ4v) is 2.07. The van der Waals surface area contributed by atoms with Crippen LogP contribution in [-0.4, -0.2) is 24.9 Å². The maximum atomic E-state index is 12.0. The third-order valence-corrected chi connectivity index (χ3v) is 3.17. The second kappa shape index (κ2) is 8.47. The van der Waals surface area contributed by atoms with Gasteiger partial charge in [-0.15, -0.1) is 0 Å². The van der Waals surface area contributed by atoms with E-state index in [1.165, 1.54) is 7.11 Å². The lowest BCUT2D eigenvalue weighted by molar-refractivity contribution is -0.142. The quantitative estimate of drug-likeness (QED) is 0.630. The van der Waals surface area contributed by atoms with E-state index in [1.807, 2.05) is 30.3 Å². The van der Waals surface area contributed by atoms with Gasteiger partial charge in [-0.05, 0) is 23.8 Å². The molecule has 6 nitrogen and oxygen atoms in total. The highest BCUT2D eigenvalue weighted by Crippen LogP contribution is 2.16. The Balaban J connectivity index is 1.93. The minimum absolute atomic E-state index is 0.153. The lowest BCUT2D eigenvalue weighted by atomic mass is 10.1. The van der Waals surface area contributed by atoms with Gasteiger partial charge in [-0.1, -0.05) is 36.4 Å². The number of nitrogens with one attached hydrogen (secondary N) is 2. The average Bonchev–Trinajstić information content (AvgIpc) is 2.55. The zero-order chi connectivity index (χ0) is 17.4. The topological polar surface area (TPSA) is 84.5 Å². The van der Waals surface area contributed by atoms with Crippen LogP contribution in [0.4, 0.5) is 11.4 Å². The minimum atomic E-state index is -0.611. The number of benzene rings is 2. The predicted octanol–water partition coefficient (Wildman–Crippen LogP) is 2.37. The molecule has 6 heteroatoms. The van der Waals surface area contributed by atoms with Gasteiger partial charge in [-0.2, -0.15) is 0 Å². The molecule has 0 aliphatic carbocycles. The summed E-state index contributed by atoms with van der Waals surface area (Å²) < 4.78 is 4.43. The van der Waals surface area contributed by atoms with Gasteiger partial charge in [-0.3, -0.25) is 14.4 Å². The van der Waals surface area contributed by atoms with Gasteiger partial charge in [0.2, 0.25) is 11.8 Å². The van der Waals surface area contributed by atoms with Gasteiger partial charge in [0.25, 0.3) is 0 Å². The molecule has 2 aromatic carbocycles. The van der Waals surface area contributed by atoms with E-state index in [9.17, 15) is 14.4 Å². The monoisotopic (exact) mass is 326 g/mol. The standard InChI is InChI=1S/C18H18N2O4/c1-24-18(23)12-17(22)20-15-9-5-8-14(11-15)19-16(21)10-13-6-3-2-4-7-13/h2-9,11H,10,12H2,1H3,(H,19,21)(H,20,22). The first-order chi connectivity index (χ1) is 11.6. The van der Waals surface area contributed by atoms with Crippen molar-refractivity contribution in [3.05, 3.63) is 60.2 Å². The van der Waals surface area contributed by atoms with Crippen LogP contribution in [0.3, 0.4) is 0 Å². The first kappa shape index (κ1) is 17.2. The molecule has 0 aliphatic rings. The van der Waals surface area contributed by atoms with Crippen molar-refractivity contribution in [1.29, 1.82) is 0 Å². The van der Waals surface area contributed by atoms with Gasteiger partial charge in [0.05, 0.1) is 13.5 Å². The molecule has 0 spiro atoms. The molecule has 0 unspecified atom stereocenters. The summed E-state index contributed by atoms with van der Waals surface area (Å²) in [6, 6.07) is 16.1. The van der Waals surface area contributed by atoms with E-state index >= 15 is 0 Å². The molecule has 0 atom stereocenters. The normalized spacial score (nSPS) is 9.88. The minimum Gasteiger partial charge on any atom is -0.469 e. The van der Waals surface area contributed by atoms with Crippen LogP contribution < -0.4 is 10.6 Å². The van der Waals surface area contributed by atoms with Gasteiger partial charge in [0.15, 0.2) is 0 Å². The molecule has 2 amide bonds. The molecular weight excluding hydrogens is 308 g/mol. The molecule has 2 aromatic rings. The zero-order valence-electron chi connectivity index (χ0n) is 13.2. The van der Waals surface area contributed by atoms with E-state index < -0.39 is 11.9 Å². The van der Waals surface area contributed by atoms with E-state index in [0.29, 0.717) is 11.4 Å². The molecule has 0 aromatic heterocycles.